The van der Waals surface area contributed by atoms with Gasteiger partial charge in [0.1, 0.15) is 0 Å². The molecule has 1 aliphatic heterocycles. The van der Waals surface area contributed by atoms with Crippen LogP contribution in [0.15, 0.2) is 30.3 Å². The molecule has 1 fully saturated rings. The molecule has 1 atom stereocenters. The third-order valence-corrected chi connectivity index (χ3v) is 4.09. The Kier molecular flexibility index (Phi) is 5.56. The maximum Gasteiger partial charge on any atom is 0.227 e. The molecule has 1 aromatic rings. The van der Waals surface area contributed by atoms with E-state index in [1.54, 1.807) is 0 Å². The van der Waals surface area contributed by atoms with Crippen LogP contribution in [0.2, 0.25) is 0 Å². The van der Waals surface area contributed by atoms with Crippen LogP contribution in [0.25, 0.3) is 0 Å². The molecule has 1 amide bonds. The Hall–Kier alpha value is -1.39. The minimum atomic E-state index is -0.0921. The van der Waals surface area contributed by atoms with E-state index in [-0.39, 0.29) is 11.8 Å². The summed E-state index contributed by atoms with van der Waals surface area (Å²) >= 11 is 0. The number of likely N-dealkylation sites (N-methyl/N-ethyl adjacent to an activating group) is 1. The molecule has 1 aliphatic rings. The topological polar surface area (TPSA) is 49.6 Å². The van der Waals surface area contributed by atoms with Crippen LogP contribution >= 0.6 is 0 Å². The molecule has 1 heterocycles. The largest absolute Gasteiger partial charge is 0.340 e. The molecular formula is C16H25N3O. The highest BCUT2D eigenvalue weighted by Gasteiger charge is 2.26. The number of amides is 1. The Labute approximate surface area is 121 Å². The summed E-state index contributed by atoms with van der Waals surface area (Å²) in [6.45, 7) is 7.26. The summed E-state index contributed by atoms with van der Waals surface area (Å²) in [6.07, 6.45) is 0.740. The molecule has 4 nitrogen and oxygen atoms in total. The average Bonchev–Trinajstić information content (AvgIpc) is 2.53. The Morgan fingerprint density at radius 3 is 2.40 bits per heavy atom. The zero-order chi connectivity index (χ0) is 14.4. The summed E-state index contributed by atoms with van der Waals surface area (Å²) in [4.78, 5) is 16.9. The standard InChI is InChI=1S/C16H25N3O/c1-2-18-8-10-19(11-9-18)16(20)15(13-17)12-14-6-4-3-5-7-14/h3-7,15H,2,8-13,17H2,1H3. The molecule has 1 unspecified atom stereocenters. The number of nitrogens with zero attached hydrogens (tertiary/aromatic N) is 2. The molecule has 1 aromatic carbocycles. The number of rotatable bonds is 5. The molecule has 20 heavy (non-hydrogen) atoms. The van der Waals surface area contributed by atoms with Crippen LogP contribution < -0.4 is 5.73 Å². The van der Waals surface area contributed by atoms with Crippen LogP contribution in [0, 0.1) is 5.92 Å². The molecule has 2 N–H and O–H groups in total. The number of benzene rings is 1. The number of carbonyl (C=O) groups is 1. The van der Waals surface area contributed by atoms with Crippen LogP contribution in [0.5, 0.6) is 0 Å². The lowest BCUT2D eigenvalue weighted by atomic mass is 9.97. The highest BCUT2D eigenvalue weighted by molar-refractivity contribution is 5.79. The molecule has 0 spiro atoms. The summed E-state index contributed by atoms with van der Waals surface area (Å²) in [7, 11) is 0. The third-order valence-electron chi connectivity index (χ3n) is 4.09. The van der Waals surface area contributed by atoms with Gasteiger partial charge in [-0.05, 0) is 18.5 Å². The first-order valence-corrected chi connectivity index (χ1v) is 7.49. The van der Waals surface area contributed by atoms with Crippen molar-refractivity contribution in [3.8, 4) is 0 Å². The van der Waals surface area contributed by atoms with Crippen molar-refractivity contribution in [1.82, 2.24) is 9.80 Å². The summed E-state index contributed by atoms with van der Waals surface area (Å²) in [6, 6.07) is 10.1. The van der Waals surface area contributed by atoms with E-state index >= 15 is 0 Å². The SMILES string of the molecule is CCN1CCN(C(=O)C(CN)Cc2ccccc2)CC1. The van der Waals surface area contributed by atoms with Gasteiger partial charge in [-0.2, -0.15) is 0 Å². The van der Waals surface area contributed by atoms with Crippen molar-refractivity contribution in [2.75, 3.05) is 39.3 Å². The first-order chi connectivity index (χ1) is 9.74. The molecule has 0 aliphatic carbocycles. The van der Waals surface area contributed by atoms with E-state index in [2.05, 4.69) is 24.0 Å². The molecule has 110 valence electrons. The monoisotopic (exact) mass is 275 g/mol. The molecule has 2 rings (SSSR count). The van der Waals surface area contributed by atoms with Crippen LogP contribution in [0.3, 0.4) is 0 Å². The molecule has 1 saturated heterocycles. The Morgan fingerprint density at radius 2 is 1.85 bits per heavy atom. The van der Waals surface area contributed by atoms with Crippen LogP contribution in [0.1, 0.15) is 12.5 Å². The summed E-state index contributed by atoms with van der Waals surface area (Å²) in [5, 5.41) is 0. The van der Waals surface area contributed by atoms with Crippen molar-refractivity contribution in [2.24, 2.45) is 11.7 Å². The second-order valence-electron chi connectivity index (χ2n) is 5.38. The predicted molar refractivity (Wildman–Crippen MR) is 81.4 cm³/mol. The van der Waals surface area contributed by atoms with E-state index in [1.165, 1.54) is 5.56 Å². The van der Waals surface area contributed by atoms with Gasteiger partial charge in [-0.3, -0.25) is 4.79 Å². The van der Waals surface area contributed by atoms with E-state index < -0.39 is 0 Å². The molecule has 0 aromatic heterocycles. The Morgan fingerprint density at radius 1 is 1.20 bits per heavy atom. The lowest BCUT2D eigenvalue weighted by Crippen LogP contribution is -2.51. The molecule has 4 heteroatoms. The predicted octanol–water partition coefficient (Wildman–Crippen LogP) is 0.968. The third kappa shape index (κ3) is 3.81. The first-order valence-electron chi connectivity index (χ1n) is 7.49. The molecular weight excluding hydrogens is 250 g/mol. The van der Waals surface area contributed by atoms with E-state index in [0.717, 1.165) is 39.1 Å². The van der Waals surface area contributed by atoms with Gasteiger partial charge in [0.15, 0.2) is 0 Å². The van der Waals surface area contributed by atoms with E-state index in [1.807, 2.05) is 23.1 Å². The second kappa shape index (κ2) is 7.41. The number of hydrogen-bond acceptors (Lipinski definition) is 3. The Bertz CT molecular complexity index is 413. The zero-order valence-corrected chi connectivity index (χ0v) is 12.3. The molecule has 0 saturated carbocycles. The average molecular weight is 275 g/mol. The lowest BCUT2D eigenvalue weighted by Gasteiger charge is -2.35. The minimum Gasteiger partial charge on any atom is -0.340 e. The van der Waals surface area contributed by atoms with Crippen molar-refractivity contribution >= 4 is 5.91 Å². The maximum atomic E-state index is 12.6. The van der Waals surface area contributed by atoms with E-state index in [4.69, 9.17) is 5.73 Å². The van der Waals surface area contributed by atoms with E-state index in [9.17, 15) is 4.79 Å². The van der Waals surface area contributed by atoms with Crippen molar-refractivity contribution in [3.05, 3.63) is 35.9 Å². The van der Waals surface area contributed by atoms with Crippen molar-refractivity contribution in [3.63, 3.8) is 0 Å². The fraction of sp³-hybridized carbons (Fsp3) is 0.562. The highest BCUT2D eigenvalue weighted by Crippen LogP contribution is 2.13. The fourth-order valence-electron chi connectivity index (χ4n) is 2.71. The van der Waals surface area contributed by atoms with Gasteiger partial charge < -0.3 is 15.5 Å². The van der Waals surface area contributed by atoms with Gasteiger partial charge in [-0.15, -0.1) is 0 Å². The van der Waals surface area contributed by atoms with Crippen LogP contribution in [-0.2, 0) is 11.2 Å². The minimum absolute atomic E-state index is 0.0921. The smallest absolute Gasteiger partial charge is 0.227 e. The van der Waals surface area contributed by atoms with Crippen molar-refractivity contribution in [2.45, 2.75) is 13.3 Å². The van der Waals surface area contributed by atoms with Gasteiger partial charge in [0.05, 0.1) is 5.92 Å². The van der Waals surface area contributed by atoms with Crippen LogP contribution in [-0.4, -0.2) is 55.0 Å². The second-order valence-corrected chi connectivity index (χ2v) is 5.38. The summed E-state index contributed by atoms with van der Waals surface area (Å²) in [5.74, 6) is 0.123. The van der Waals surface area contributed by atoms with Gasteiger partial charge in [-0.1, -0.05) is 37.3 Å². The van der Waals surface area contributed by atoms with Gasteiger partial charge >= 0.3 is 0 Å². The first kappa shape index (κ1) is 15.0. The number of hydrogen-bond donors (Lipinski definition) is 1. The lowest BCUT2D eigenvalue weighted by molar-refractivity contribution is -0.136. The normalized spacial score (nSPS) is 18.0. The Balaban J connectivity index is 1.92. The number of nitrogens with two attached hydrogens (primary N) is 1. The molecule has 0 bridgehead atoms. The number of carbonyl (C=O) groups excluding carboxylic acids is 1. The van der Waals surface area contributed by atoms with Crippen molar-refractivity contribution < 1.29 is 4.79 Å². The van der Waals surface area contributed by atoms with Gasteiger partial charge in [0.2, 0.25) is 5.91 Å². The quantitative estimate of drug-likeness (QED) is 0.871. The van der Waals surface area contributed by atoms with Gasteiger partial charge in [-0.25, -0.2) is 0 Å². The maximum absolute atomic E-state index is 12.6. The van der Waals surface area contributed by atoms with Crippen molar-refractivity contribution in [1.29, 1.82) is 0 Å². The fourth-order valence-corrected chi connectivity index (χ4v) is 2.71. The van der Waals surface area contributed by atoms with Crippen LogP contribution in [0.4, 0.5) is 0 Å². The highest BCUT2D eigenvalue weighted by atomic mass is 16.2. The molecule has 0 radical (unpaired) electrons. The zero-order valence-electron chi connectivity index (χ0n) is 12.3. The van der Waals surface area contributed by atoms with Gasteiger partial charge in [0, 0.05) is 32.7 Å². The summed E-state index contributed by atoms with van der Waals surface area (Å²) < 4.78 is 0. The number of piperazine rings is 1. The summed E-state index contributed by atoms with van der Waals surface area (Å²) in [5.41, 5.74) is 7.01. The van der Waals surface area contributed by atoms with Gasteiger partial charge in [0.25, 0.3) is 0 Å². The van der Waals surface area contributed by atoms with E-state index in [0.29, 0.717) is 6.54 Å².